The number of nitrogens with two attached hydrogens (primary N) is 1. The average molecular weight is 248 g/mol. The minimum Gasteiger partial charge on any atom is -0.379 e. The Morgan fingerprint density at radius 2 is 1.89 bits per heavy atom. The summed E-state index contributed by atoms with van der Waals surface area (Å²) in [6.45, 7) is 2.17. The average Bonchev–Trinajstić information content (AvgIpc) is 3.24. The third-order valence-electron chi connectivity index (χ3n) is 3.86. The summed E-state index contributed by atoms with van der Waals surface area (Å²) in [5.74, 6) is 6.37. The quantitative estimate of drug-likeness (QED) is 0.573. The molecule has 3 heteroatoms. The van der Waals surface area contributed by atoms with Crippen LogP contribution in [-0.2, 0) is 17.6 Å². The lowest BCUT2D eigenvalue weighted by Gasteiger charge is -2.25. The third kappa shape index (κ3) is 3.31. The number of ether oxygens (including phenoxy) is 1. The predicted molar refractivity (Wildman–Crippen MR) is 74.2 cm³/mol. The summed E-state index contributed by atoms with van der Waals surface area (Å²) in [5, 5.41) is 0. The summed E-state index contributed by atoms with van der Waals surface area (Å²) < 4.78 is 5.60. The standard InChI is InChI=1S/C15H24N2O/c1-3-11-4-6-12(7-5-11)10-14(17-16)15(18-2)13-8-9-13/h4-7,13-15,17H,3,8-10,16H2,1-2H3. The van der Waals surface area contributed by atoms with Gasteiger partial charge < -0.3 is 4.74 Å². The van der Waals surface area contributed by atoms with Gasteiger partial charge in [-0.05, 0) is 42.7 Å². The SMILES string of the molecule is CCc1ccc(CC(NN)C(OC)C2CC2)cc1. The highest BCUT2D eigenvalue weighted by Crippen LogP contribution is 2.36. The van der Waals surface area contributed by atoms with Gasteiger partial charge in [0.25, 0.3) is 0 Å². The van der Waals surface area contributed by atoms with Crippen LogP contribution in [0.3, 0.4) is 0 Å². The highest BCUT2D eigenvalue weighted by Gasteiger charge is 2.36. The molecule has 2 atom stereocenters. The van der Waals surface area contributed by atoms with Crippen LogP contribution in [0.15, 0.2) is 24.3 Å². The van der Waals surface area contributed by atoms with E-state index in [9.17, 15) is 0 Å². The number of methoxy groups -OCH3 is 1. The van der Waals surface area contributed by atoms with E-state index in [-0.39, 0.29) is 12.1 Å². The molecule has 0 aliphatic heterocycles. The molecule has 100 valence electrons. The molecule has 1 aliphatic carbocycles. The summed E-state index contributed by atoms with van der Waals surface area (Å²) in [4.78, 5) is 0. The van der Waals surface area contributed by atoms with Crippen LogP contribution in [0.2, 0.25) is 0 Å². The van der Waals surface area contributed by atoms with Gasteiger partial charge in [0.15, 0.2) is 0 Å². The number of benzene rings is 1. The molecule has 0 amide bonds. The van der Waals surface area contributed by atoms with Gasteiger partial charge in [-0.15, -0.1) is 0 Å². The molecule has 1 aromatic carbocycles. The minimum absolute atomic E-state index is 0.204. The van der Waals surface area contributed by atoms with Gasteiger partial charge in [-0.3, -0.25) is 11.3 Å². The zero-order chi connectivity index (χ0) is 13.0. The topological polar surface area (TPSA) is 47.3 Å². The van der Waals surface area contributed by atoms with E-state index in [2.05, 4.69) is 36.6 Å². The molecule has 3 N–H and O–H groups in total. The van der Waals surface area contributed by atoms with Crippen LogP contribution >= 0.6 is 0 Å². The number of hydrogen-bond acceptors (Lipinski definition) is 3. The lowest BCUT2D eigenvalue weighted by atomic mass is 9.98. The second-order valence-electron chi connectivity index (χ2n) is 5.19. The molecule has 0 radical (unpaired) electrons. The number of aryl methyl sites for hydroxylation is 1. The maximum Gasteiger partial charge on any atom is 0.0769 e. The number of rotatable bonds is 7. The van der Waals surface area contributed by atoms with Gasteiger partial charge in [0, 0.05) is 7.11 Å². The highest BCUT2D eigenvalue weighted by molar-refractivity contribution is 5.23. The zero-order valence-electron chi connectivity index (χ0n) is 11.4. The van der Waals surface area contributed by atoms with E-state index < -0.39 is 0 Å². The molecule has 1 fully saturated rings. The van der Waals surface area contributed by atoms with Gasteiger partial charge >= 0.3 is 0 Å². The monoisotopic (exact) mass is 248 g/mol. The molecule has 0 spiro atoms. The van der Waals surface area contributed by atoms with E-state index in [1.54, 1.807) is 7.11 Å². The molecular formula is C15H24N2O. The van der Waals surface area contributed by atoms with Gasteiger partial charge in [0.1, 0.15) is 0 Å². The Morgan fingerprint density at radius 1 is 1.28 bits per heavy atom. The van der Waals surface area contributed by atoms with Gasteiger partial charge in [0.05, 0.1) is 12.1 Å². The molecular weight excluding hydrogens is 224 g/mol. The fourth-order valence-electron chi connectivity index (χ4n) is 2.54. The van der Waals surface area contributed by atoms with Crippen molar-refractivity contribution in [2.24, 2.45) is 11.8 Å². The molecule has 2 unspecified atom stereocenters. The van der Waals surface area contributed by atoms with Crippen LogP contribution in [-0.4, -0.2) is 19.3 Å². The molecule has 1 aromatic rings. The van der Waals surface area contributed by atoms with Gasteiger partial charge in [0.2, 0.25) is 0 Å². The maximum atomic E-state index is 5.69. The molecule has 0 saturated heterocycles. The van der Waals surface area contributed by atoms with Crippen LogP contribution in [0.5, 0.6) is 0 Å². The van der Waals surface area contributed by atoms with Gasteiger partial charge in [-0.1, -0.05) is 31.2 Å². The Balaban J connectivity index is 1.99. The molecule has 0 aromatic heterocycles. The largest absolute Gasteiger partial charge is 0.379 e. The highest BCUT2D eigenvalue weighted by atomic mass is 16.5. The Labute approximate surface area is 110 Å². The third-order valence-corrected chi connectivity index (χ3v) is 3.86. The Bertz CT molecular complexity index is 359. The molecule has 2 rings (SSSR count). The molecule has 1 saturated carbocycles. The lowest BCUT2D eigenvalue weighted by Crippen LogP contribution is -2.47. The van der Waals surface area contributed by atoms with Crippen LogP contribution in [0.1, 0.15) is 30.9 Å². The second kappa shape index (κ2) is 6.32. The number of hydrazine groups is 1. The number of nitrogens with one attached hydrogen (secondary N) is 1. The van der Waals surface area contributed by atoms with Crippen LogP contribution in [0.4, 0.5) is 0 Å². The summed E-state index contributed by atoms with van der Waals surface area (Å²) in [6, 6.07) is 8.99. The Kier molecular flexibility index (Phi) is 4.75. The van der Waals surface area contributed by atoms with E-state index >= 15 is 0 Å². The molecule has 18 heavy (non-hydrogen) atoms. The Morgan fingerprint density at radius 3 is 2.33 bits per heavy atom. The maximum absolute atomic E-state index is 5.69. The predicted octanol–water partition coefficient (Wildman–Crippen LogP) is 2.05. The number of hydrogen-bond donors (Lipinski definition) is 2. The van der Waals surface area contributed by atoms with Crippen molar-refractivity contribution in [1.82, 2.24) is 5.43 Å². The van der Waals surface area contributed by atoms with Gasteiger partial charge in [-0.25, -0.2) is 0 Å². The molecule has 0 bridgehead atoms. The zero-order valence-corrected chi connectivity index (χ0v) is 11.4. The first-order valence-electron chi connectivity index (χ1n) is 6.85. The molecule has 1 aliphatic rings. The van der Waals surface area contributed by atoms with Crippen molar-refractivity contribution in [1.29, 1.82) is 0 Å². The normalized spacial score (nSPS) is 18.6. The van der Waals surface area contributed by atoms with Crippen LogP contribution in [0, 0.1) is 5.92 Å². The Hall–Kier alpha value is -0.900. The van der Waals surface area contributed by atoms with Crippen molar-refractivity contribution in [3.8, 4) is 0 Å². The second-order valence-corrected chi connectivity index (χ2v) is 5.19. The van der Waals surface area contributed by atoms with Crippen LogP contribution < -0.4 is 11.3 Å². The smallest absolute Gasteiger partial charge is 0.0769 e. The van der Waals surface area contributed by atoms with Crippen molar-refractivity contribution in [2.75, 3.05) is 7.11 Å². The van der Waals surface area contributed by atoms with Crippen LogP contribution in [0.25, 0.3) is 0 Å². The van der Waals surface area contributed by atoms with Crippen molar-refractivity contribution in [3.05, 3.63) is 35.4 Å². The fourth-order valence-corrected chi connectivity index (χ4v) is 2.54. The summed E-state index contributed by atoms with van der Waals surface area (Å²) >= 11 is 0. The van der Waals surface area contributed by atoms with Crippen molar-refractivity contribution in [3.63, 3.8) is 0 Å². The first-order valence-corrected chi connectivity index (χ1v) is 6.85. The van der Waals surface area contributed by atoms with E-state index in [4.69, 9.17) is 10.6 Å². The van der Waals surface area contributed by atoms with E-state index in [1.807, 2.05) is 0 Å². The lowest BCUT2D eigenvalue weighted by molar-refractivity contribution is 0.0511. The fraction of sp³-hybridized carbons (Fsp3) is 0.600. The van der Waals surface area contributed by atoms with Crippen molar-refractivity contribution < 1.29 is 4.74 Å². The first kappa shape index (κ1) is 13.5. The van der Waals surface area contributed by atoms with E-state index in [0.717, 1.165) is 12.8 Å². The van der Waals surface area contributed by atoms with Crippen molar-refractivity contribution >= 4 is 0 Å². The summed E-state index contributed by atoms with van der Waals surface area (Å²) in [6.07, 6.45) is 4.79. The molecule has 3 nitrogen and oxygen atoms in total. The van der Waals surface area contributed by atoms with E-state index in [0.29, 0.717) is 5.92 Å². The van der Waals surface area contributed by atoms with Gasteiger partial charge in [-0.2, -0.15) is 0 Å². The summed E-state index contributed by atoms with van der Waals surface area (Å²) in [7, 11) is 1.79. The van der Waals surface area contributed by atoms with E-state index in [1.165, 1.54) is 24.0 Å². The van der Waals surface area contributed by atoms with Crippen molar-refractivity contribution in [2.45, 2.75) is 44.8 Å². The molecule has 0 heterocycles. The summed E-state index contributed by atoms with van der Waals surface area (Å²) in [5.41, 5.74) is 5.62. The minimum atomic E-state index is 0.204. The first-order chi connectivity index (χ1) is 8.78.